The van der Waals surface area contributed by atoms with Gasteiger partial charge in [-0.15, -0.1) is 0 Å². The monoisotopic (exact) mass is 483 g/mol. The number of carbonyl (C=O) groups is 1. The van der Waals surface area contributed by atoms with Gasteiger partial charge in [0.2, 0.25) is 0 Å². The molecule has 1 aliphatic heterocycles. The highest BCUT2D eigenvalue weighted by Crippen LogP contribution is 2.35. The van der Waals surface area contributed by atoms with Crippen LogP contribution in [0, 0.1) is 0 Å². The number of benzene rings is 3. The molecule has 1 aliphatic rings. The molecule has 178 valence electrons. The highest BCUT2D eigenvalue weighted by molar-refractivity contribution is 6.32. The number of hydrogen-bond donors (Lipinski definition) is 3. The van der Waals surface area contributed by atoms with Gasteiger partial charge < -0.3 is 29.7 Å². The minimum atomic E-state index is -1.04. The van der Waals surface area contributed by atoms with Crippen molar-refractivity contribution in [3.8, 4) is 23.0 Å². The standard InChI is InChI=1S/C26H26ClNO6/c27-23-13-18(26(30)31)7-10-25(23)33-21-9-11-24-17(12-21)6-8-22(34-24)15-28-14-19(29)16-32-20-4-2-1-3-5-20/h1-5,7,9-13,19,22,28-29H,6,8,14-16H2,(H,30,31)/t19-,22+/m0/s1. The Morgan fingerprint density at radius 1 is 1.12 bits per heavy atom. The zero-order chi connectivity index (χ0) is 23.9. The normalized spacial score (nSPS) is 15.6. The van der Waals surface area contributed by atoms with E-state index in [9.17, 15) is 9.90 Å². The minimum Gasteiger partial charge on any atom is -0.491 e. The molecule has 0 amide bonds. The number of aliphatic hydroxyl groups excluding tert-OH is 1. The number of halogens is 1. The number of aliphatic hydroxyl groups is 1. The summed E-state index contributed by atoms with van der Waals surface area (Å²) in [5.74, 6) is 1.48. The van der Waals surface area contributed by atoms with Crippen LogP contribution in [0.25, 0.3) is 0 Å². The Labute approximate surface area is 202 Å². The molecular weight excluding hydrogens is 458 g/mol. The maximum absolute atomic E-state index is 11.1. The molecule has 4 rings (SSSR count). The summed E-state index contributed by atoms with van der Waals surface area (Å²) in [4.78, 5) is 11.1. The van der Waals surface area contributed by atoms with Crippen molar-refractivity contribution in [1.29, 1.82) is 0 Å². The predicted octanol–water partition coefficient (Wildman–Crippen LogP) is 4.55. The van der Waals surface area contributed by atoms with E-state index in [4.69, 9.17) is 30.9 Å². The van der Waals surface area contributed by atoms with E-state index in [0.717, 1.165) is 29.9 Å². The van der Waals surface area contributed by atoms with Gasteiger partial charge in [-0.05, 0) is 66.9 Å². The Morgan fingerprint density at radius 2 is 1.94 bits per heavy atom. The predicted molar refractivity (Wildman–Crippen MR) is 128 cm³/mol. The number of aryl methyl sites for hydroxylation is 1. The third-order valence-electron chi connectivity index (χ3n) is 5.41. The summed E-state index contributed by atoms with van der Waals surface area (Å²) >= 11 is 6.16. The molecule has 0 saturated heterocycles. The molecule has 0 spiro atoms. The number of carboxylic acid groups (broad SMARTS) is 1. The summed E-state index contributed by atoms with van der Waals surface area (Å²) in [6.07, 6.45) is 1.03. The van der Waals surface area contributed by atoms with Gasteiger partial charge in [-0.25, -0.2) is 4.79 Å². The summed E-state index contributed by atoms with van der Waals surface area (Å²) < 4.78 is 17.5. The first-order chi connectivity index (χ1) is 16.5. The molecule has 3 N–H and O–H groups in total. The molecule has 0 bridgehead atoms. The highest BCUT2D eigenvalue weighted by atomic mass is 35.5. The lowest BCUT2D eigenvalue weighted by Gasteiger charge is -2.27. The van der Waals surface area contributed by atoms with E-state index in [1.54, 1.807) is 12.1 Å². The largest absolute Gasteiger partial charge is 0.491 e. The van der Waals surface area contributed by atoms with Crippen LogP contribution < -0.4 is 19.5 Å². The van der Waals surface area contributed by atoms with E-state index in [0.29, 0.717) is 24.6 Å². The molecule has 2 atom stereocenters. The number of rotatable bonds is 10. The fourth-order valence-corrected chi connectivity index (χ4v) is 3.87. The Bertz CT molecular complexity index is 1120. The number of ether oxygens (including phenoxy) is 3. The third-order valence-corrected chi connectivity index (χ3v) is 5.70. The minimum absolute atomic E-state index is 0.000447. The van der Waals surface area contributed by atoms with Gasteiger partial charge in [0.1, 0.15) is 41.8 Å². The summed E-state index contributed by atoms with van der Waals surface area (Å²) in [5, 5.41) is 22.7. The Hall–Kier alpha value is -3.26. The van der Waals surface area contributed by atoms with Crippen molar-refractivity contribution in [2.75, 3.05) is 19.7 Å². The van der Waals surface area contributed by atoms with Crippen molar-refractivity contribution < 1.29 is 29.2 Å². The summed E-state index contributed by atoms with van der Waals surface area (Å²) in [6, 6.07) is 19.3. The number of aromatic carboxylic acids is 1. The van der Waals surface area contributed by atoms with Crippen LogP contribution in [-0.2, 0) is 6.42 Å². The fraction of sp³-hybridized carbons (Fsp3) is 0.269. The average Bonchev–Trinajstić information content (AvgIpc) is 2.84. The first-order valence-electron chi connectivity index (χ1n) is 11.0. The number of fused-ring (bicyclic) bond motifs is 1. The zero-order valence-electron chi connectivity index (χ0n) is 18.4. The third kappa shape index (κ3) is 6.41. The van der Waals surface area contributed by atoms with Gasteiger partial charge in [0.15, 0.2) is 0 Å². The lowest BCUT2D eigenvalue weighted by Crippen LogP contribution is -2.39. The van der Waals surface area contributed by atoms with Crippen molar-refractivity contribution in [2.45, 2.75) is 25.0 Å². The maximum atomic E-state index is 11.1. The molecular formula is C26H26ClNO6. The molecule has 0 aromatic heterocycles. The Balaban J connectivity index is 1.24. The second-order valence-corrected chi connectivity index (χ2v) is 8.44. The molecule has 1 heterocycles. The van der Waals surface area contributed by atoms with Crippen LogP contribution in [0.2, 0.25) is 5.02 Å². The van der Waals surface area contributed by atoms with Crippen molar-refractivity contribution in [1.82, 2.24) is 5.32 Å². The van der Waals surface area contributed by atoms with Crippen LogP contribution >= 0.6 is 11.6 Å². The number of para-hydroxylation sites is 1. The van der Waals surface area contributed by atoms with E-state index in [2.05, 4.69) is 5.32 Å². The Morgan fingerprint density at radius 3 is 2.71 bits per heavy atom. The summed E-state index contributed by atoms with van der Waals surface area (Å²) in [6.45, 7) is 1.25. The Kier molecular flexibility index (Phi) is 7.90. The molecule has 0 radical (unpaired) electrons. The molecule has 0 fully saturated rings. The van der Waals surface area contributed by atoms with Crippen LogP contribution in [0.4, 0.5) is 0 Å². The molecule has 3 aromatic rings. The van der Waals surface area contributed by atoms with Crippen LogP contribution in [-0.4, -0.2) is 48.1 Å². The molecule has 0 saturated carbocycles. The first-order valence-corrected chi connectivity index (χ1v) is 11.4. The second-order valence-electron chi connectivity index (χ2n) is 8.04. The van der Waals surface area contributed by atoms with Crippen molar-refractivity contribution >= 4 is 17.6 Å². The van der Waals surface area contributed by atoms with Gasteiger partial charge in [-0.1, -0.05) is 29.8 Å². The van der Waals surface area contributed by atoms with Gasteiger partial charge in [-0.2, -0.15) is 0 Å². The van der Waals surface area contributed by atoms with Gasteiger partial charge in [0, 0.05) is 13.1 Å². The van der Waals surface area contributed by atoms with Crippen LogP contribution in [0.1, 0.15) is 22.3 Å². The van der Waals surface area contributed by atoms with Crippen LogP contribution in [0.3, 0.4) is 0 Å². The first kappa shape index (κ1) is 23.9. The van der Waals surface area contributed by atoms with E-state index in [1.165, 1.54) is 12.1 Å². The van der Waals surface area contributed by atoms with Crippen molar-refractivity contribution in [3.63, 3.8) is 0 Å². The zero-order valence-corrected chi connectivity index (χ0v) is 19.2. The number of carboxylic acids is 1. The van der Waals surface area contributed by atoms with E-state index in [1.807, 2.05) is 42.5 Å². The van der Waals surface area contributed by atoms with E-state index in [-0.39, 0.29) is 23.3 Å². The van der Waals surface area contributed by atoms with E-state index >= 15 is 0 Å². The lowest BCUT2D eigenvalue weighted by atomic mass is 10.0. The van der Waals surface area contributed by atoms with Crippen LogP contribution in [0.15, 0.2) is 66.7 Å². The lowest BCUT2D eigenvalue weighted by molar-refractivity contribution is 0.0697. The van der Waals surface area contributed by atoms with E-state index < -0.39 is 12.1 Å². The fourth-order valence-electron chi connectivity index (χ4n) is 3.65. The quantitative estimate of drug-likeness (QED) is 0.389. The number of nitrogens with one attached hydrogen (secondary N) is 1. The molecule has 7 nitrogen and oxygen atoms in total. The average molecular weight is 484 g/mol. The summed E-state index contributed by atoms with van der Waals surface area (Å²) in [7, 11) is 0. The molecule has 3 aromatic carbocycles. The molecule has 0 aliphatic carbocycles. The highest BCUT2D eigenvalue weighted by Gasteiger charge is 2.21. The number of hydrogen-bond acceptors (Lipinski definition) is 6. The SMILES string of the molecule is O=C(O)c1ccc(Oc2ccc3c(c2)CC[C@H](CNC[C@H](O)COc2ccccc2)O3)c(Cl)c1. The van der Waals surface area contributed by atoms with Gasteiger partial charge in [-0.3, -0.25) is 0 Å². The smallest absolute Gasteiger partial charge is 0.335 e. The summed E-state index contributed by atoms with van der Waals surface area (Å²) in [5.41, 5.74) is 1.13. The molecule has 34 heavy (non-hydrogen) atoms. The van der Waals surface area contributed by atoms with Gasteiger partial charge in [0.05, 0.1) is 10.6 Å². The van der Waals surface area contributed by atoms with Crippen LogP contribution in [0.5, 0.6) is 23.0 Å². The van der Waals surface area contributed by atoms with Gasteiger partial charge >= 0.3 is 5.97 Å². The van der Waals surface area contributed by atoms with Crippen molar-refractivity contribution in [3.05, 3.63) is 82.9 Å². The second kappa shape index (κ2) is 11.2. The van der Waals surface area contributed by atoms with Gasteiger partial charge in [0.25, 0.3) is 0 Å². The molecule has 0 unspecified atom stereocenters. The maximum Gasteiger partial charge on any atom is 0.335 e. The topological polar surface area (TPSA) is 97.3 Å². The molecule has 8 heteroatoms. The van der Waals surface area contributed by atoms with Crippen molar-refractivity contribution in [2.24, 2.45) is 0 Å².